The van der Waals surface area contributed by atoms with Gasteiger partial charge in [-0.1, -0.05) is 0 Å². The van der Waals surface area contributed by atoms with E-state index in [4.69, 9.17) is 9.47 Å². The van der Waals surface area contributed by atoms with Gasteiger partial charge in [0.1, 0.15) is 5.75 Å². The van der Waals surface area contributed by atoms with Crippen molar-refractivity contribution in [3.63, 3.8) is 0 Å². The van der Waals surface area contributed by atoms with Gasteiger partial charge in [-0.25, -0.2) is 4.79 Å². The van der Waals surface area contributed by atoms with Gasteiger partial charge in [-0.15, -0.1) is 0 Å². The first kappa shape index (κ1) is 18.9. The summed E-state index contributed by atoms with van der Waals surface area (Å²) in [5, 5.41) is 13.7. The molecule has 2 rings (SSSR count). The van der Waals surface area contributed by atoms with Crippen LogP contribution in [0.1, 0.15) is 34.6 Å². The molecule has 0 unspecified atom stereocenters. The maximum atomic E-state index is 12.4. The van der Waals surface area contributed by atoms with Gasteiger partial charge < -0.3 is 14.8 Å². The molecule has 8 heteroatoms. The lowest BCUT2D eigenvalue weighted by molar-refractivity contribution is -0.384. The van der Waals surface area contributed by atoms with Crippen molar-refractivity contribution in [1.82, 2.24) is 0 Å². The molecule has 136 valence electrons. The normalized spacial score (nSPS) is 10.1. The van der Waals surface area contributed by atoms with Crippen LogP contribution in [0.5, 0.6) is 5.75 Å². The third-order valence-corrected chi connectivity index (χ3v) is 3.33. The van der Waals surface area contributed by atoms with Crippen LogP contribution in [-0.2, 0) is 4.74 Å². The average Bonchev–Trinajstić information content (AvgIpc) is 2.63. The second-order valence-corrected chi connectivity index (χ2v) is 5.16. The van der Waals surface area contributed by atoms with Gasteiger partial charge in [-0.2, -0.15) is 0 Å². The van der Waals surface area contributed by atoms with Gasteiger partial charge in [0.15, 0.2) is 0 Å². The van der Waals surface area contributed by atoms with E-state index in [0.29, 0.717) is 18.0 Å². The minimum absolute atomic E-state index is 0.0175. The number of nitrogens with one attached hydrogen (secondary N) is 1. The molecule has 0 heterocycles. The summed E-state index contributed by atoms with van der Waals surface area (Å²) in [6.45, 7) is 4.12. The Kier molecular flexibility index (Phi) is 6.26. The molecule has 0 radical (unpaired) electrons. The van der Waals surface area contributed by atoms with Crippen LogP contribution < -0.4 is 10.1 Å². The second kappa shape index (κ2) is 8.61. The number of rotatable bonds is 7. The Hall–Kier alpha value is -3.42. The number of carbonyl (C=O) groups is 2. The minimum Gasteiger partial charge on any atom is -0.494 e. The molecule has 1 N–H and O–H groups in total. The molecule has 0 bridgehead atoms. The summed E-state index contributed by atoms with van der Waals surface area (Å²) < 4.78 is 10.2. The Labute approximate surface area is 149 Å². The maximum Gasteiger partial charge on any atom is 0.338 e. The molecule has 0 fully saturated rings. The zero-order valence-electron chi connectivity index (χ0n) is 14.4. The molecule has 8 nitrogen and oxygen atoms in total. The van der Waals surface area contributed by atoms with Crippen LogP contribution in [0.4, 0.5) is 11.4 Å². The van der Waals surface area contributed by atoms with Crippen molar-refractivity contribution in [2.45, 2.75) is 13.8 Å². The second-order valence-electron chi connectivity index (χ2n) is 5.16. The van der Waals surface area contributed by atoms with E-state index >= 15 is 0 Å². The SMILES string of the molecule is CCOC(=O)c1cc(C(=O)Nc2ccc(OCC)cc2)cc([N+](=O)[O-])c1. The van der Waals surface area contributed by atoms with Gasteiger partial charge >= 0.3 is 5.97 Å². The summed E-state index contributed by atoms with van der Waals surface area (Å²) in [5.74, 6) is -0.653. The quantitative estimate of drug-likeness (QED) is 0.461. The van der Waals surface area contributed by atoms with Crippen LogP contribution in [0.2, 0.25) is 0 Å². The molecule has 1 amide bonds. The smallest absolute Gasteiger partial charge is 0.338 e. The molecule has 26 heavy (non-hydrogen) atoms. The number of esters is 1. The first-order valence-corrected chi connectivity index (χ1v) is 7.95. The zero-order valence-corrected chi connectivity index (χ0v) is 14.4. The van der Waals surface area contributed by atoms with Crippen LogP contribution in [0.3, 0.4) is 0 Å². The molecule has 0 aromatic heterocycles. The molecule has 0 aliphatic carbocycles. The first-order chi connectivity index (χ1) is 12.4. The fraction of sp³-hybridized carbons (Fsp3) is 0.222. The number of hydrogen-bond donors (Lipinski definition) is 1. The van der Waals surface area contributed by atoms with Gasteiger partial charge in [0.25, 0.3) is 11.6 Å². The Bertz CT molecular complexity index is 817. The molecule has 0 spiro atoms. The fourth-order valence-electron chi connectivity index (χ4n) is 2.18. The van der Waals surface area contributed by atoms with Gasteiger partial charge in [0.2, 0.25) is 0 Å². The molecular weight excluding hydrogens is 340 g/mol. The molecule has 2 aromatic rings. The number of anilines is 1. The van der Waals surface area contributed by atoms with Crippen LogP contribution in [-0.4, -0.2) is 30.0 Å². The van der Waals surface area contributed by atoms with E-state index in [1.54, 1.807) is 31.2 Å². The van der Waals surface area contributed by atoms with Gasteiger partial charge in [-0.05, 0) is 44.2 Å². The molecule has 0 aliphatic rings. The Morgan fingerprint density at radius 2 is 1.69 bits per heavy atom. The summed E-state index contributed by atoms with van der Waals surface area (Å²) in [6, 6.07) is 10.1. The Morgan fingerprint density at radius 3 is 2.27 bits per heavy atom. The molecule has 0 aliphatic heterocycles. The largest absolute Gasteiger partial charge is 0.494 e. The Morgan fingerprint density at radius 1 is 1.04 bits per heavy atom. The zero-order chi connectivity index (χ0) is 19.1. The molecule has 2 aromatic carbocycles. The van der Waals surface area contributed by atoms with E-state index in [1.165, 1.54) is 6.07 Å². The minimum atomic E-state index is -0.730. The lowest BCUT2D eigenvalue weighted by atomic mass is 10.1. The van der Waals surface area contributed by atoms with Gasteiger partial charge in [0, 0.05) is 23.4 Å². The fourth-order valence-corrected chi connectivity index (χ4v) is 2.18. The van der Waals surface area contributed by atoms with Crippen molar-refractivity contribution in [2.24, 2.45) is 0 Å². The highest BCUT2D eigenvalue weighted by Crippen LogP contribution is 2.21. The molecule has 0 saturated heterocycles. The molecule has 0 saturated carbocycles. The van der Waals surface area contributed by atoms with Crippen LogP contribution >= 0.6 is 0 Å². The highest BCUT2D eigenvalue weighted by atomic mass is 16.6. The number of ether oxygens (including phenoxy) is 2. The highest BCUT2D eigenvalue weighted by molar-refractivity contribution is 6.06. The van der Waals surface area contributed by atoms with E-state index < -0.39 is 16.8 Å². The number of nitro benzene ring substituents is 1. The predicted octanol–water partition coefficient (Wildman–Crippen LogP) is 3.42. The third-order valence-electron chi connectivity index (χ3n) is 3.33. The van der Waals surface area contributed by atoms with Crippen LogP contribution in [0.15, 0.2) is 42.5 Å². The highest BCUT2D eigenvalue weighted by Gasteiger charge is 2.18. The summed E-state index contributed by atoms with van der Waals surface area (Å²) >= 11 is 0. The number of nitrogens with zero attached hydrogens (tertiary/aromatic N) is 1. The van der Waals surface area contributed by atoms with Crippen molar-refractivity contribution in [1.29, 1.82) is 0 Å². The van der Waals surface area contributed by atoms with Crippen molar-refractivity contribution in [3.05, 3.63) is 63.7 Å². The number of amides is 1. The predicted molar refractivity (Wildman–Crippen MR) is 94.6 cm³/mol. The summed E-state index contributed by atoms with van der Waals surface area (Å²) in [7, 11) is 0. The standard InChI is InChI=1S/C18H18N2O6/c1-3-25-16-7-5-14(6-8-16)19-17(21)12-9-13(18(22)26-4-2)11-15(10-12)20(23)24/h5-11H,3-4H2,1-2H3,(H,19,21). The number of nitro groups is 1. The average molecular weight is 358 g/mol. The summed E-state index contributed by atoms with van der Waals surface area (Å²) in [4.78, 5) is 34.7. The number of carbonyl (C=O) groups excluding carboxylic acids is 2. The van der Waals surface area contributed by atoms with E-state index in [-0.39, 0.29) is 23.4 Å². The number of benzene rings is 2. The van der Waals surface area contributed by atoms with Gasteiger partial charge in [-0.3, -0.25) is 14.9 Å². The monoisotopic (exact) mass is 358 g/mol. The topological polar surface area (TPSA) is 108 Å². The molecule has 0 atom stereocenters. The van der Waals surface area contributed by atoms with Crippen molar-refractivity contribution < 1.29 is 24.0 Å². The van der Waals surface area contributed by atoms with Crippen molar-refractivity contribution >= 4 is 23.3 Å². The lowest BCUT2D eigenvalue weighted by Gasteiger charge is -2.08. The number of non-ortho nitro benzene ring substituents is 1. The van der Waals surface area contributed by atoms with Crippen LogP contribution in [0.25, 0.3) is 0 Å². The van der Waals surface area contributed by atoms with Crippen LogP contribution in [0, 0.1) is 10.1 Å². The van der Waals surface area contributed by atoms with E-state index in [1.807, 2.05) is 6.92 Å². The third kappa shape index (κ3) is 4.79. The summed E-state index contributed by atoms with van der Waals surface area (Å²) in [6.07, 6.45) is 0. The van der Waals surface area contributed by atoms with Gasteiger partial charge in [0.05, 0.1) is 23.7 Å². The van der Waals surface area contributed by atoms with E-state index in [2.05, 4.69) is 5.32 Å². The van der Waals surface area contributed by atoms with Crippen molar-refractivity contribution in [3.8, 4) is 5.75 Å². The molecular formula is C18H18N2O6. The lowest BCUT2D eigenvalue weighted by Crippen LogP contribution is -2.14. The van der Waals surface area contributed by atoms with E-state index in [0.717, 1.165) is 12.1 Å². The number of hydrogen-bond acceptors (Lipinski definition) is 6. The summed E-state index contributed by atoms with van der Waals surface area (Å²) in [5.41, 5.74) is 0.0454. The van der Waals surface area contributed by atoms with Crippen molar-refractivity contribution in [2.75, 3.05) is 18.5 Å². The Balaban J connectivity index is 2.26. The first-order valence-electron chi connectivity index (χ1n) is 7.95. The van der Waals surface area contributed by atoms with E-state index in [9.17, 15) is 19.7 Å². The maximum absolute atomic E-state index is 12.4.